The summed E-state index contributed by atoms with van der Waals surface area (Å²) in [4.78, 5) is 23.2. The smallest absolute Gasteiger partial charge is 0.321 e. The first-order chi connectivity index (χ1) is 14.1. The van der Waals surface area contributed by atoms with Crippen molar-refractivity contribution in [1.82, 2.24) is 19.7 Å². The van der Waals surface area contributed by atoms with E-state index in [-0.39, 0.29) is 18.1 Å². The quantitative estimate of drug-likeness (QED) is 0.640. The minimum atomic E-state index is -3.44. The van der Waals surface area contributed by atoms with Gasteiger partial charge in [0.1, 0.15) is 12.4 Å². The predicted octanol–water partition coefficient (Wildman–Crippen LogP) is 2.90. The van der Waals surface area contributed by atoms with Gasteiger partial charge in [-0.05, 0) is 30.2 Å². The van der Waals surface area contributed by atoms with E-state index in [2.05, 4.69) is 10.4 Å². The summed E-state index contributed by atoms with van der Waals surface area (Å²) in [5.74, 6) is -4.32. The topological polar surface area (TPSA) is 78.2 Å². The molecule has 0 saturated carbocycles. The number of ether oxygens (including phenoxy) is 1. The molecule has 1 atom stereocenters. The van der Waals surface area contributed by atoms with Gasteiger partial charge in [0.05, 0.1) is 23.4 Å². The molecule has 0 spiro atoms. The fourth-order valence-electron chi connectivity index (χ4n) is 2.89. The molecule has 1 aromatic carbocycles. The largest absolute Gasteiger partial charge is 0.491 e. The number of hydrogen-bond donors (Lipinski definition) is 1. The van der Waals surface area contributed by atoms with Crippen LogP contribution in [0.25, 0.3) is 16.6 Å². The summed E-state index contributed by atoms with van der Waals surface area (Å²) in [5, 5.41) is 7.53. The number of hydrogen-bond acceptors (Lipinski definition) is 4. The number of amides is 1. The second kappa shape index (κ2) is 8.25. The first-order valence-corrected chi connectivity index (χ1v) is 9.52. The van der Waals surface area contributed by atoms with E-state index in [0.29, 0.717) is 12.7 Å². The summed E-state index contributed by atoms with van der Waals surface area (Å²) in [7, 11) is 1.67. The summed E-state index contributed by atoms with van der Waals surface area (Å²) >= 11 is 0. The highest BCUT2D eigenvalue weighted by Gasteiger charge is 2.34. The van der Waals surface area contributed by atoms with Crippen molar-refractivity contribution in [1.29, 1.82) is 0 Å². The average Bonchev–Trinajstić information content (AvgIpc) is 3.09. The molecule has 2 aromatic heterocycles. The van der Waals surface area contributed by atoms with Crippen LogP contribution in [0.5, 0.6) is 5.75 Å². The summed E-state index contributed by atoms with van der Waals surface area (Å²) in [6, 6.07) is 7.96. The van der Waals surface area contributed by atoms with Gasteiger partial charge < -0.3 is 14.6 Å². The van der Waals surface area contributed by atoms with Crippen molar-refractivity contribution in [2.24, 2.45) is 13.0 Å². The van der Waals surface area contributed by atoms with Crippen molar-refractivity contribution in [2.45, 2.75) is 32.7 Å². The molecule has 0 aliphatic heterocycles. The number of benzene rings is 1. The molecular weight excluding hydrogens is 394 g/mol. The Hall–Kier alpha value is -3.23. The van der Waals surface area contributed by atoms with Gasteiger partial charge in [0.25, 0.3) is 5.91 Å². The molecular formula is C21H24F2N4O3. The van der Waals surface area contributed by atoms with Gasteiger partial charge in [-0.1, -0.05) is 13.8 Å². The number of halogens is 2. The zero-order chi connectivity index (χ0) is 22.1. The highest BCUT2D eigenvalue weighted by molar-refractivity contribution is 5.83. The lowest BCUT2D eigenvalue weighted by Crippen LogP contribution is -2.48. The van der Waals surface area contributed by atoms with Crippen molar-refractivity contribution in [3.8, 4) is 11.4 Å². The Morgan fingerprint density at radius 2 is 2.00 bits per heavy atom. The summed E-state index contributed by atoms with van der Waals surface area (Å²) in [6.45, 7) is 4.27. The normalized spacial score (nSPS) is 12.9. The van der Waals surface area contributed by atoms with Gasteiger partial charge in [-0.25, -0.2) is 4.68 Å². The molecule has 2 heterocycles. The highest BCUT2D eigenvalue weighted by atomic mass is 19.3. The standard InChI is InChI=1S/C21H24F2N4O3/c1-13(2)17(25-20(29)21(3,22)23)12-30-16-6-7-18-14(9-16)10-24-27(18)15-5-8-19(28)26(4)11-15/h5-11,13,17H,12H2,1-4H3,(H,25,29)/t17-/m1/s1. The van der Waals surface area contributed by atoms with Crippen LogP contribution in [0.3, 0.4) is 0 Å². The van der Waals surface area contributed by atoms with Gasteiger partial charge in [0, 0.05) is 31.6 Å². The molecule has 0 fully saturated rings. The number of aromatic nitrogens is 3. The number of carbonyl (C=O) groups excluding carboxylic acids is 1. The molecule has 0 bridgehead atoms. The van der Waals surface area contributed by atoms with Crippen LogP contribution in [0.1, 0.15) is 20.8 Å². The second-order valence-corrected chi connectivity index (χ2v) is 7.64. The lowest BCUT2D eigenvalue weighted by molar-refractivity contribution is -0.144. The lowest BCUT2D eigenvalue weighted by atomic mass is 10.1. The van der Waals surface area contributed by atoms with E-state index in [9.17, 15) is 18.4 Å². The fraction of sp³-hybridized carbons (Fsp3) is 0.381. The van der Waals surface area contributed by atoms with Gasteiger partial charge in [-0.15, -0.1) is 0 Å². The number of fused-ring (bicyclic) bond motifs is 1. The Bertz CT molecular complexity index is 1120. The number of aryl methyl sites for hydroxylation is 1. The molecule has 3 aromatic rings. The second-order valence-electron chi connectivity index (χ2n) is 7.64. The van der Waals surface area contributed by atoms with Crippen LogP contribution in [-0.2, 0) is 11.8 Å². The number of pyridine rings is 1. The third-order valence-electron chi connectivity index (χ3n) is 4.80. The molecule has 1 N–H and O–H groups in total. The highest BCUT2D eigenvalue weighted by Crippen LogP contribution is 2.23. The Balaban J connectivity index is 1.77. The zero-order valence-electron chi connectivity index (χ0n) is 17.2. The first-order valence-electron chi connectivity index (χ1n) is 9.52. The maximum atomic E-state index is 13.2. The number of alkyl halides is 2. The molecule has 0 aliphatic rings. The van der Waals surface area contributed by atoms with Gasteiger partial charge in [0.2, 0.25) is 5.56 Å². The number of carbonyl (C=O) groups is 1. The minimum absolute atomic E-state index is 0.0555. The Morgan fingerprint density at radius 1 is 1.27 bits per heavy atom. The van der Waals surface area contributed by atoms with Crippen molar-refractivity contribution < 1.29 is 18.3 Å². The average molecular weight is 418 g/mol. The van der Waals surface area contributed by atoms with Gasteiger partial charge in [-0.3, -0.25) is 9.59 Å². The molecule has 1 amide bonds. The van der Waals surface area contributed by atoms with Crippen molar-refractivity contribution in [3.05, 3.63) is 53.1 Å². The molecule has 0 unspecified atom stereocenters. The molecule has 0 aliphatic carbocycles. The van der Waals surface area contributed by atoms with Gasteiger partial charge >= 0.3 is 5.92 Å². The van der Waals surface area contributed by atoms with Gasteiger partial charge in [0.15, 0.2) is 0 Å². The van der Waals surface area contributed by atoms with Crippen LogP contribution >= 0.6 is 0 Å². The predicted molar refractivity (Wildman–Crippen MR) is 109 cm³/mol. The first kappa shape index (κ1) is 21.5. The van der Waals surface area contributed by atoms with Crippen LogP contribution in [0.4, 0.5) is 8.78 Å². The van der Waals surface area contributed by atoms with E-state index in [1.165, 1.54) is 10.6 Å². The summed E-state index contributed by atoms with van der Waals surface area (Å²) in [6.07, 6.45) is 3.37. The molecule has 0 radical (unpaired) electrons. The SMILES string of the molecule is CC(C)[C@@H](COc1ccc2c(cnn2-c2ccc(=O)n(C)c2)c1)NC(=O)C(C)(F)F. The maximum absolute atomic E-state index is 13.2. The van der Waals surface area contributed by atoms with E-state index in [4.69, 9.17) is 4.74 Å². The van der Waals surface area contributed by atoms with Crippen LogP contribution in [0.15, 0.2) is 47.5 Å². The van der Waals surface area contributed by atoms with Crippen molar-refractivity contribution in [2.75, 3.05) is 6.61 Å². The fourth-order valence-corrected chi connectivity index (χ4v) is 2.89. The van der Waals surface area contributed by atoms with Crippen LogP contribution in [0, 0.1) is 5.92 Å². The number of rotatable bonds is 7. The number of nitrogens with zero attached hydrogens (tertiary/aromatic N) is 3. The maximum Gasteiger partial charge on any atom is 0.321 e. The van der Waals surface area contributed by atoms with E-state index in [1.807, 2.05) is 19.9 Å². The van der Waals surface area contributed by atoms with Crippen LogP contribution in [-0.4, -0.2) is 38.8 Å². The Morgan fingerprint density at radius 3 is 2.63 bits per heavy atom. The minimum Gasteiger partial charge on any atom is -0.491 e. The third-order valence-corrected chi connectivity index (χ3v) is 4.80. The lowest BCUT2D eigenvalue weighted by Gasteiger charge is -2.24. The summed E-state index contributed by atoms with van der Waals surface area (Å²) < 4.78 is 35.3. The van der Waals surface area contributed by atoms with Crippen LogP contribution < -0.4 is 15.6 Å². The third kappa shape index (κ3) is 4.67. The van der Waals surface area contributed by atoms with E-state index < -0.39 is 17.9 Å². The van der Waals surface area contributed by atoms with Crippen molar-refractivity contribution >= 4 is 16.8 Å². The zero-order valence-corrected chi connectivity index (χ0v) is 17.2. The van der Waals surface area contributed by atoms with Gasteiger partial charge in [-0.2, -0.15) is 13.9 Å². The molecule has 9 heteroatoms. The molecule has 30 heavy (non-hydrogen) atoms. The Labute approximate surface area is 172 Å². The molecule has 160 valence electrons. The molecule has 7 nitrogen and oxygen atoms in total. The van der Waals surface area contributed by atoms with Crippen molar-refractivity contribution in [3.63, 3.8) is 0 Å². The Kier molecular flexibility index (Phi) is 5.91. The van der Waals surface area contributed by atoms with E-state index in [0.717, 1.165) is 16.6 Å². The van der Waals surface area contributed by atoms with E-state index in [1.54, 1.807) is 42.3 Å². The van der Waals surface area contributed by atoms with Crippen LogP contribution in [0.2, 0.25) is 0 Å². The summed E-state index contributed by atoms with van der Waals surface area (Å²) in [5.41, 5.74) is 1.45. The number of nitrogens with one attached hydrogen (secondary N) is 1. The van der Waals surface area contributed by atoms with E-state index >= 15 is 0 Å². The molecule has 3 rings (SSSR count). The molecule has 0 saturated heterocycles. The monoisotopic (exact) mass is 418 g/mol.